The van der Waals surface area contributed by atoms with Crippen molar-refractivity contribution in [2.75, 3.05) is 11.9 Å². The molecule has 0 heterocycles. The van der Waals surface area contributed by atoms with Crippen LogP contribution in [0, 0.1) is 12.8 Å². The van der Waals surface area contributed by atoms with Gasteiger partial charge in [0, 0.05) is 23.3 Å². The van der Waals surface area contributed by atoms with E-state index in [9.17, 15) is 4.79 Å². The fraction of sp³-hybridized carbons (Fsp3) is 0.562. The third-order valence-corrected chi connectivity index (χ3v) is 3.87. The Morgan fingerprint density at radius 3 is 2.75 bits per heavy atom. The molecule has 4 heteroatoms. The number of nitrogens with one attached hydrogen (secondary N) is 1. The molecule has 1 aromatic rings. The van der Waals surface area contributed by atoms with E-state index in [2.05, 4.69) is 19.2 Å². The molecule has 1 aromatic carbocycles. The van der Waals surface area contributed by atoms with Gasteiger partial charge in [-0.05, 0) is 49.8 Å². The second-order valence-corrected chi connectivity index (χ2v) is 6.43. The Labute approximate surface area is 126 Å². The molecule has 2 rings (SSSR count). The summed E-state index contributed by atoms with van der Waals surface area (Å²) in [6.07, 6.45) is 3.29. The molecule has 0 radical (unpaired) electrons. The smallest absolute Gasteiger partial charge is 0.322 e. The number of carbonyl (C=O) groups is 1. The number of hydrogen-bond donors (Lipinski definition) is 1. The summed E-state index contributed by atoms with van der Waals surface area (Å²) in [5.41, 5.74) is 1.83. The lowest BCUT2D eigenvalue weighted by Crippen LogP contribution is -2.38. The average Bonchev–Trinajstić information content (AvgIpc) is 3.18. The van der Waals surface area contributed by atoms with Crippen molar-refractivity contribution in [1.82, 2.24) is 4.90 Å². The van der Waals surface area contributed by atoms with E-state index in [4.69, 9.17) is 11.6 Å². The van der Waals surface area contributed by atoms with Crippen LogP contribution in [-0.4, -0.2) is 23.5 Å². The van der Waals surface area contributed by atoms with E-state index in [1.165, 1.54) is 0 Å². The minimum Gasteiger partial charge on any atom is -0.322 e. The van der Waals surface area contributed by atoms with Crippen molar-refractivity contribution in [3.63, 3.8) is 0 Å². The Bertz CT molecular complexity index is 483. The molecular weight excluding hydrogens is 272 g/mol. The quantitative estimate of drug-likeness (QED) is 0.839. The van der Waals surface area contributed by atoms with Crippen LogP contribution in [0.4, 0.5) is 10.5 Å². The molecule has 20 heavy (non-hydrogen) atoms. The van der Waals surface area contributed by atoms with E-state index >= 15 is 0 Å². The number of nitrogens with zero attached hydrogens (tertiary/aromatic N) is 1. The summed E-state index contributed by atoms with van der Waals surface area (Å²) in [4.78, 5) is 14.4. The maximum atomic E-state index is 12.4. The van der Waals surface area contributed by atoms with Crippen molar-refractivity contribution in [2.45, 2.75) is 46.1 Å². The number of halogens is 1. The first-order valence-corrected chi connectivity index (χ1v) is 7.69. The number of rotatable bonds is 5. The van der Waals surface area contributed by atoms with Gasteiger partial charge in [0.05, 0.1) is 0 Å². The van der Waals surface area contributed by atoms with Crippen LogP contribution in [0.25, 0.3) is 0 Å². The zero-order chi connectivity index (χ0) is 14.7. The predicted molar refractivity (Wildman–Crippen MR) is 84.4 cm³/mol. The molecule has 1 N–H and O–H groups in total. The third-order valence-electron chi connectivity index (χ3n) is 3.64. The highest BCUT2D eigenvalue weighted by Gasteiger charge is 2.32. The molecule has 0 spiro atoms. The number of aryl methyl sites for hydroxylation is 1. The minimum atomic E-state index is -0.00137. The van der Waals surface area contributed by atoms with E-state index < -0.39 is 0 Å². The lowest BCUT2D eigenvalue weighted by atomic mass is 10.1. The topological polar surface area (TPSA) is 32.3 Å². The monoisotopic (exact) mass is 294 g/mol. The SMILES string of the molecule is Cc1ccc(Cl)cc1NC(=O)N(CCC(C)C)C1CC1. The maximum absolute atomic E-state index is 12.4. The first-order valence-electron chi connectivity index (χ1n) is 7.31. The number of anilines is 1. The third kappa shape index (κ3) is 4.14. The van der Waals surface area contributed by atoms with Crippen LogP contribution >= 0.6 is 11.6 Å². The molecule has 0 saturated heterocycles. The van der Waals surface area contributed by atoms with Crippen molar-refractivity contribution in [1.29, 1.82) is 0 Å². The predicted octanol–water partition coefficient (Wildman–Crippen LogP) is 4.69. The van der Waals surface area contributed by atoms with Gasteiger partial charge < -0.3 is 10.2 Å². The molecule has 1 aliphatic rings. The van der Waals surface area contributed by atoms with Gasteiger partial charge in [-0.3, -0.25) is 0 Å². The first kappa shape index (κ1) is 15.2. The highest BCUT2D eigenvalue weighted by atomic mass is 35.5. The van der Waals surface area contributed by atoms with Gasteiger partial charge in [-0.2, -0.15) is 0 Å². The molecule has 0 atom stereocenters. The van der Waals surface area contributed by atoms with Gasteiger partial charge >= 0.3 is 6.03 Å². The normalized spacial score (nSPS) is 14.4. The summed E-state index contributed by atoms with van der Waals surface area (Å²) in [6.45, 7) is 7.17. The highest BCUT2D eigenvalue weighted by Crippen LogP contribution is 2.29. The Morgan fingerprint density at radius 2 is 2.15 bits per heavy atom. The molecule has 0 aliphatic heterocycles. The molecule has 0 bridgehead atoms. The van der Waals surface area contributed by atoms with E-state index in [1.807, 2.05) is 30.0 Å². The number of hydrogen-bond acceptors (Lipinski definition) is 1. The summed E-state index contributed by atoms with van der Waals surface area (Å²) >= 11 is 5.99. The van der Waals surface area contributed by atoms with E-state index in [-0.39, 0.29) is 6.03 Å². The van der Waals surface area contributed by atoms with Crippen LogP contribution in [0.5, 0.6) is 0 Å². The second kappa shape index (κ2) is 6.49. The molecule has 1 fully saturated rings. The minimum absolute atomic E-state index is 0.00137. The standard InChI is InChI=1S/C16H23ClN2O/c1-11(2)8-9-19(14-6-7-14)16(20)18-15-10-13(17)5-4-12(15)3/h4-5,10-11,14H,6-9H2,1-3H3,(H,18,20). The number of benzene rings is 1. The molecule has 0 unspecified atom stereocenters. The fourth-order valence-corrected chi connectivity index (χ4v) is 2.32. The van der Waals surface area contributed by atoms with Crippen LogP contribution in [-0.2, 0) is 0 Å². The van der Waals surface area contributed by atoms with Crippen molar-refractivity contribution >= 4 is 23.3 Å². The largest absolute Gasteiger partial charge is 0.322 e. The molecule has 1 saturated carbocycles. The Kier molecular flexibility index (Phi) is 4.92. The van der Waals surface area contributed by atoms with Gasteiger partial charge in [-0.15, -0.1) is 0 Å². The molecule has 0 aromatic heterocycles. The lowest BCUT2D eigenvalue weighted by molar-refractivity contribution is 0.205. The fourth-order valence-electron chi connectivity index (χ4n) is 2.15. The van der Waals surface area contributed by atoms with Gasteiger partial charge in [0.15, 0.2) is 0 Å². The first-order chi connectivity index (χ1) is 9.47. The van der Waals surface area contributed by atoms with E-state index in [0.717, 1.165) is 37.1 Å². The van der Waals surface area contributed by atoms with E-state index in [1.54, 1.807) is 0 Å². The molecular formula is C16H23ClN2O. The van der Waals surface area contributed by atoms with Crippen LogP contribution in [0.1, 0.15) is 38.7 Å². The second-order valence-electron chi connectivity index (χ2n) is 6.00. The zero-order valence-corrected chi connectivity index (χ0v) is 13.2. The van der Waals surface area contributed by atoms with Crippen LogP contribution in [0.15, 0.2) is 18.2 Å². The number of amides is 2. The average molecular weight is 295 g/mol. The van der Waals surface area contributed by atoms with Gasteiger partial charge in [-0.1, -0.05) is 31.5 Å². The van der Waals surface area contributed by atoms with Crippen molar-refractivity contribution in [3.05, 3.63) is 28.8 Å². The van der Waals surface area contributed by atoms with Crippen molar-refractivity contribution in [3.8, 4) is 0 Å². The molecule has 3 nitrogen and oxygen atoms in total. The van der Waals surface area contributed by atoms with Crippen LogP contribution < -0.4 is 5.32 Å². The van der Waals surface area contributed by atoms with Crippen LogP contribution in [0.3, 0.4) is 0 Å². The Hall–Kier alpha value is -1.22. The summed E-state index contributed by atoms with van der Waals surface area (Å²) in [6, 6.07) is 5.99. The van der Waals surface area contributed by atoms with Crippen LogP contribution in [0.2, 0.25) is 5.02 Å². The van der Waals surface area contributed by atoms with Crippen molar-refractivity contribution in [2.24, 2.45) is 5.92 Å². The highest BCUT2D eigenvalue weighted by molar-refractivity contribution is 6.31. The Balaban J connectivity index is 2.02. The number of carbonyl (C=O) groups excluding carboxylic acids is 1. The zero-order valence-electron chi connectivity index (χ0n) is 12.4. The van der Waals surface area contributed by atoms with E-state index in [0.29, 0.717) is 17.0 Å². The lowest BCUT2D eigenvalue weighted by Gasteiger charge is -2.24. The van der Waals surface area contributed by atoms with Gasteiger partial charge in [0.2, 0.25) is 0 Å². The molecule has 110 valence electrons. The Morgan fingerprint density at radius 1 is 1.45 bits per heavy atom. The summed E-state index contributed by atoms with van der Waals surface area (Å²) < 4.78 is 0. The molecule has 2 amide bonds. The molecule has 1 aliphatic carbocycles. The summed E-state index contributed by atoms with van der Waals surface area (Å²) in [5, 5.41) is 3.64. The van der Waals surface area contributed by atoms with Crippen molar-refractivity contribution < 1.29 is 4.79 Å². The summed E-state index contributed by atoms with van der Waals surface area (Å²) in [7, 11) is 0. The maximum Gasteiger partial charge on any atom is 0.322 e. The number of urea groups is 1. The van der Waals surface area contributed by atoms with Gasteiger partial charge in [0.1, 0.15) is 0 Å². The summed E-state index contributed by atoms with van der Waals surface area (Å²) in [5.74, 6) is 0.608. The van der Waals surface area contributed by atoms with Gasteiger partial charge in [0.25, 0.3) is 0 Å². The van der Waals surface area contributed by atoms with Gasteiger partial charge in [-0.25, -0.2) is 4.79 Å².